The summed E-state index contributed by atoms with van der Waals surface area (Å²) < 4.78 is 5.80. The van der Waals surface area contributed by atoms with E-state index in [4.69, 9.17) is 4.74 Å². The van der Waals surface area contributed by atoms with Crippen LogP contribution >= 0.6 is 0 Å². The molecule has 0 aliphatic heterocycles. The SMILES string of the molecule is CCCCCCCc1ccc(C(=O)Oc2cccc3c2C(=O)c2c(NC(=O)c4cccc(CCCCCCC)c4CCCCCCC)ccc(O)c2C3=O)cc1. The summed E-state index contributed by atoms with van der Waals surface area (Å²) in [5.74, 6) is -2.69. The summed E-state index contributed by atoms with van der Waals surface area (Å²) in [4.78, 5) is 56.0. The first kappa shape index (κ1) is 42.1. The molecule has 0 aromatic heterocycles. The van der Waals surface area contributed by atoms with E-state index >= 15 is 0 Å². The van der Waals surface area contributed by atoms with Crippen molar-refractivity contribution in [1.29, 1.82) is 0 Å². The monoisotopic (exact) mass is 757 g/mol. The molecule has 0 radical (unpaired) electrons. The summed E-state index contributed by atoms with van der Waals surface area (Å²) in [6, 6.07) is 20.4. The third-order valence-electron chi connectivity index (χ3n) is 10.9. The third-order valence-corrected chi connectivity index (χ3v) is 10.9. The minimum Gasteiger partial charge on any atom is -0.507 e. The van der Waals surface area contributed by atoms with Crippen molar-refractivity contribution in [3.05, 3.63) is 123 Å². The summed E-state index contributed by atoms with van der Waals surface area (Å²) in [6.45, 7) is 6.59. The van der Waals surface area contributed by atoms with Crippen LogP contribution in [-0.4, -0.2) is 28.5 Å². The van der Waals surface area contributed by atoms with Crippen molar-refractivity contribution in [2.24, 2.45) is 0 Å². The number of esters is 1. The maximum atomic E-state index is 14.4. The second-order valence-corrected chi connectivity index (χ2v) is 15.2. The Morgan fingerprint density at radius 2 is 1.20 bits per heavy atom. The lowest BCUT2D eigenvalue weighted by atomic mass is 9.82. The number of phenols is 1. The second-order valence-electron chi connectivity index (χ2n) is 15.2. The van der Waals surface area contributed by atoms with Crippen LogP contribution in [0.3, 0.4) is 0 Å². The molecule has 7 nitrogen and oxygen atoms in total. The quantitative estimate of drug-likeness (QED) is 0.0315. The maximum absolute atomic E-state index is 14.4. The number of nitrogens with one attached hydrogen (secondary N) is 1. The number of aryl methyl sites for hydroxylation is 2. The molecule has 0 saturated carbocycles. The first-order valence-electron chi connectivity index (χ1n) is 21.1. The zero-order valence-corrected chi connectivity index (χ0v) is 33.6. The predicted molar refractivity (Wildman–Crippen MR) is 225 cm³/mol. The first-order chi connectivity index (χ1) is 27.3. The molecule has 56 heavy (non-hydrogen) atoms. The van der Waals surface area contributed by atoms with Gasteiger partial charge in [-0.1, -0.05) is 134 Å². The van der Waals surface area contributed by atoms with Crippen LogP contribution in [-0.2, 0) is 19.3 Å². The lowest BCUT2D eigenvalue weighted by Gasteiger charge is -2.23. The largest absolute Gasteiger partial charge is 0.507 e. The number of ether oxygens (including phenoxy) is 1. The van der Waals surface area contributed by atoms with Gasteiger partial charge in [0.1, 0.15) is 11.5 Å². The molecule has 2 N–H and O–H groups in total. The number of phenolic OH excluding ortho intramolecular Hbond substituents is 1. The molecule has 7 heteroatoms. The molecule has 0 atom stereocenters. The van der Waals surface area contributed by atoms with Crippen LogP contribution in [0.4, 0.5) is 5.69 Å². The van der Waals surface area contributed by atoms with Crippen molar-refractivity contribution in [3.8, 4) is 11.5 Å². The van der Waals surface area contributed by atoms with E-state index < -0.39 is 17.5 Å². The zero-order chi connectivity index (χ0) is 39.9. The number of unbranched alkanes of at least 4 members (excludes halogenated alkanes) is 12. The zero-order valence-electron chi connectivity index (χ0n) is 33.6. The second kappa shape index (κ2) is 21.3. The molecule has 0 saturated heterocycles. The summed E-state index contributed by atoms with van der Waals surface area (Å²) >= 11 is 0. The van der Waals surface area contributed by atoms with E-state index in [1.807, 2.05) is 24.3 Å². The molecule has 0 bridgehead atoms. The number of hydrogen-bond donors (Lipinski definition) is 2. The van der Waals surface area contributed by atoms with Gasteiger partial charge >= 0.3 is 5.97 Å². The van der Waals surface area contributed by atoms with Gasteiger partial charge in [-0.05, 0) is 91.6 Å². The van der Waals surface area contributed by atoms with Gasteiger partial charge in [-0.15, -0.1) is 0 Å². The Balaban J connectivity index is 1.39. The van der Waals surface area contributed by atoms with Gasteiger partial charge < -0.3 is 15.2 Å². The molecule has 4 aromatic rings. The van der Waals surface area contributed by atoms with E-state index in [0.29, 0.717) is 11.1 Å². The average molecular weight is 758 g/mol. The van der Waals surface area contributed by atoms with Gasteiger partial charge in [-0.2, -0.15) is 0 Å². The van der Waals surface area contributed by atoms with Crippen LogP contribution in [0.25, 0.3) is 0 Å². The van der Waals surface area contributed by atoms with Gasteiger partial charge in [0.05, 0.1) is 27.9 Å². The van der Waals surface area contributed by atoms with Crippen LogP contribution in [0.15, 0.2) is 72.8 Å². The van der Waals surface area contributed by atoms with Gasteiger partial charge in [0.15, 0.2) is 5.78 Å². The van der Waals surface area contributed by atoms with Crippen LogP contribution in [0.2, 0.25) is 0 Å². The summed E-state index contributed by atoms with van der Waals surface area (Å²) in [5.41, 5.74) is 3.91. The molecular formula is C49H59NO6. The van der Waals surface area contributed by atoms with Crippen LogP contribution in [0, 0.1) is 0 Å². The van der Waals surface area contributed by atoms with E-state index in [1.54, 1.807) is 18.2 Å². The highest BCUT2D eigenvalue weighted by molar-refractivity contribution is 6.32. The number of anilines is 1. The van der Waals surface area contributed by atoms with Gasteiger partial charge in [0.2, 0.25) is 5.78 Å². The minimum absolute atomic E-state index is 0.0157. The predicted octanol–water partition coefficient (Wildman–Crippen LogP) is 12.2. The number of ketones is 2. The van der Waals surface area contributed by atoms with E-state index in [1.165, 1.54) is 81.2 Å². The highest BCUT2D eigenvalue weighted by atomic mass is 16.5. The van der Waals surface area contributed by atoms with Crippen LogP contribution < -0.4 is 10.1 Å². The third kappa shape index (κ3) is 10.6. The number of carbonyl (C=O) groups excluding carboxylic acids is 4. The van der Waals surface area contributed by atoms with Crippen molar-refractivity contribution < 1.29 is 29.0 Å². The molecule has 5 rings (SSSR count). The molecule has 0 unspecified atom stereocenters. The van der Waals surface area contributed by atoms with Crippen molar-refractivity contribution in [3.63, 3.8) is 0 Å². The fourth-order valence-electron chi connectivity index (χ4n) is 7.75. The van der Waals surface area contributed by atoms with E-state index in [2.05, 4.69) is 32.2 Å². The van der Waals surface area contributed by atoms with Crippen molar-refractivity contribution >= 4 is 29.1 Å². The lowest BCUT2D eigenvalue weighted by molar-refractivity contribution is 0.0731. The van der Waals surface area contributed by atoms with Crippen molar-refractivity contribution in [2.75, 3.05) is 5.32 Å². The van der Waals surface area contributed by atoms with Gasteiger partial charge in [0, 0.05) is 11.1 Å². The molecule has 4 aromatic carbocycles. The average Bonchev–Trinajstić information content (AvgIpc) is 3.20. The summed E-state index contributed by atoms with van der Waals surface area (Å²) in [6.07, 6.45) is 19.8. The molecule has 296 valence electrons. The number of carbonyl (C=O) groups is 4. The van der Waals surface area contributed by atoms with Gasteiger partial charge in [0.25, 0.3) is 5.91 Å². The molecule has 0 fully saturated rings. The van der Waals surface area contributed by atoms with Gasteiger partial charge in [-0.3, -0.25) is 14.4 Å². The number of hydrogen-bond acceptors (Lipinski definition) is 6. The van der Waals surface area contributed by atoms with Crippen molar-refractivity contribution in [2.45, 2.75) is 136 Å². The smallest absolute Gasteiger partial charge is 0.343 e. The standard InChI is InChI=1S/C49H59NO6/c1-4-7-10-13-16-21-34-28-30-36(31-29-34)49(55)56-42-27-20-26-39-43(42)47(53)44-40(32-33-41(51)45(44)46(39)52)50-48(54)38-25-19-23-35(22-17-14-11-8-5-2)37(38)24-18-15-12-9-6-3/h19-20,23,25-33,51H,4-18,21-22,24H2,1-3H3,(H,50,54). The minimum atomic E-state index is -0.657. The number of fused-ring (bicyclic) bond motifs is 2. The molecule has 1 amide bonds. The van der Waals surface area contributed by atoms with E-state index in [9.17, 15) is 24.3 Å². The summed E-state index contributed by atoms with van der Waals surface area (Å²) in [7, 11) is 0. The Morgan fingerprint density at radius 3 is 1.86 bits per heavy atom. The Labute approximate surface area is 333 Å². The topological polar surface area (TPSA) is 110 Å². The van der Waals surface area contributed by atoms with Gasteiger partial charge in [-0.25, -0.2) is 4.79 Å². The molecule has 0 spiro atoms. The maximum Gasteiger partial charge on any atom is 0.343 e. The number of amides is 1. The normalized spacial score (nSPS) is 12.0. The summed E-state index contributed by atoms with van der Waals surface area (Å²) in [5, 5.41) is 13.9. The van der Waals surface area contributed by atoms with Crippen LogP contribution in [0.5, 0.6) is 11.5 Å². The Kier molecular flexibility index (Phi) is 16.0. The fourth-order valence-corrected chi connectivity index (χ4v) is 7.75. The first-order valence-corrected chi connectivity index (χ1v) is 21.1. The Morgan fingerprint density at radius 1 is 0.589 bits per heavy atom. The number of rotatable bonds is 22. The highest BCUT2D eigenvalue weighted by Gasteiger charge is 2.37. The molecular weight excluding hydrogens is 699 g/mol. The Hall–Kier alpha value is -5.04. The number of aromatic hydroxyl groups is 1. The van der Waals surface area contributed by atoms with Crippen LogP contribution in [0.1, 0.15) is 186 Å². The molecule has 1 aliphatic carbocycles. The Bertz CT molecular complexity index is 1980. The highest BCUT2D eigenvalue weighted by Crippen LogP contribution is 2.40. The van der Waals surface area contributed by atoms with E-state index in [0.717, 1.165) is 75.3 Å². The lowest BCUT2D eigenvalue weighted by Crippen LogP contribution is -2.26. The fraction of sp³-hybridized carbons (Fsp3) is 0.429. The van der Waals surface area contributed by atoms with E-state index in [-0.39, 0.29) is 45.3 Å². The van der Waals surface area contributed by atoms with Crippen molar-refractivity contribution in [1.82, 2.24) is 0 Å². The number of benzene rings is 4. The molecule has 1 aliphatic rings. The molecule has 0 heterocycles.